The minimum Gasteiger partial charge on any atom is -0.593 e. The molecule has 0 saturated carbocycles. The van der Waals surface area contributed by atoms with Crippen molar-refractivity contribution in [3.05, 3.63) is 82.9 Å². The zero-order valence-electron chi connectivity index (χ0n) is 16.4. The second-order valence-corrected chi connectivity index (χ2v) is 5.73. The van der Waals surface area contributed by atoms with Gasteiger partial charge in [-0.1, -0.05) is 77.1 Å². The fraction of sp³-hybridized carbons (Fsp3) is 0.333. The molecule has 0 atom stereocenters. The monoisotopic (exact) mass is 337 g/mol. The van der Waals surface area contributed by atoms with Crippen molar-refractivity contribution < 1.29 is 5.11 Å². The van der Waals surface area contributed by atoms with E-state index in [4.69, 9.17) is 5.11 Å². The predicted octanol–water partition coefficient (Wildman–Crippen LogP) is 6.40. The van der Waals surface area contributed by atoms with Gasteiger partial charge in [0.15, 0.2) is 0 Å². The van der Waals surface area contributed by atoms with Crippen molar-refractivity contribution in [2.45, 2.75) is 53.9 Å². The summed E-state index contributed by atoms with van der Waals surface area (Å²) in [7, 11) is 0. The Morgan fingerprint density at radius 3 is 1.60 bits per heavy atom. The summed E-state index contributed by atoms with van der Waals surface area (Å²) in [6, 6.07) is 17.0. The largest absolute Gasteiger partial charge is 0.593 e. The third kappa shape index (κ3) is 6.26. The Bertz CT molecular complexity index is 673. The van der Waals surface area contributed by atoms with Crippen LogP contribution in [0.15, 0.2) is 60.7 Å². The number of rotatable bonds is 6. The smallest absolute Gasteiger partial charge is 0.261 e. The second-order valence-electron chi connectivity index (χ2n) is 5.73. The lowest BCUT2D eigenvalue weighted by Gasteiger charge is -2.05. The summed E-state index contributed by atoms with van der Waals surface area (Å²) in [6.07, 6.45) is 7.21. The van der Waals surface area contributed by atoms with E-state index in [9.17, 15) is 0 Å². The van der Waals surface area contributed by atoms with Crippen LogP contribution in [0, 0.1) is 0 Å². The van der Waals surface area contributed by atoms with Gasteiger partial charge in [0.25, 0.3) is 5.76 Å². The van der Waals surface area contributed by atoms with E-state index >= 15 is 0 Å². The van der Waals surface area contributed by atoms with Gasteiger partial charge in [0.1, 0.15) is 0 Å². The second kappa shape index (κ2) is 11.3. The van der Waals surface area contributed by atoms with E-state index in [0.717, 1.165) is 30.4 Å². The van der Waals surface area contributed by atoms with Crippen molar-refractivity contribution in [3.63, 3.8) is 0 Å². The van der Waals surface area contributed by atoms with Crippen molar-refractivity contribution in [2.75, 3.05) is 0 Å². The van der Waals surface area contributed by atoms with Crippen LogP contribution in [0.1, 0.15) is 63.3 Å². The van der Waals surface area contributed by atoms with Crippen LogP contribution in [0.3, 0.4) is 0 Å². The lowest BCUT2D eigenvalue weighted by molar-refractivity contribution is 0.512. The summed E-state index contributed by atoms with van der Waals surface area (Å²) in [6.45, 7) is 10.4. The van der Waals surface area contributed by atoms with Crippen LogP contribution in [0.4, 0.5) is 0 Å². The van der Waals surface area contributed by atoms with Gasteiger partial charge in [-0.3, -0.25) is 0 Å². The minimum absolute atomic E-state index is 0.562. The molecule has 0 aliphatic rings. The fourth-order valence-electron chi connectivity index (χ4n) is 2.57. The molecular weight excluding hydrogens is 304 g/mol. The van der Waals surface area contributed by atoms with Gasteiger partial charge in [0, 0.05) is 6.08 Å². The molecule has 0 heterocycles. The van der Waals surface area contributed by atoms with Crippen molar-refractivity contribution in [1.29, 1.82) is 0 Å². The van der Waals surface area contributed by atoms with E-state index in [1.165, 1.54) is 16.7 Å². The Morgan fingerprint density at radius 2 is 1.20 bits per heavy atom. The molecule has 1 nitrogen and oxygen atoms in total. The van der Waals surface area contributed by atoms with Crippen LogP contribution >= 0.6 is 0 Å². The average molecular weight is 338 g/mol. The first kappa shape index (κ1) is 20.8. The molecule has 0 amide bonds. The Morgan fingerprint density at radius 1 is 0.760 bits per heavy atom. The van der Waals surface area contributed by atoms with E-state index in [2.05, 4.69) is 63.2 Å². The lowest BCUT2D eigenvalue weighted by atomic mass is 10.00. The molecule has 0 radical (unpaired) electrons. The van der Waals surface area contributed by atoms with Gasteiger partial charge >= 0.3 is 0 Å². The molecule has 2 N–H and O–H groups in total. The molecule has 2 aromatic carbocycles. The molecule has 0 unspecified atom stereocenters. The van der Waals surface area contributed by atoms with E-state index in [0.29, 0.717) is 5.76 Å². The molecular formula is C24H33O+. The maximum atomic E-state index is 8.40. The molecule has 0 bridgehead atoms. The Labute approximate surface area is 153 Å². The number of benzene rings is 2. The van der Waals surface area contributed by atoms with E-state index < -0.39 is 0 Å². The molecule has 25 heavy (non-hydrogen) atoms. The van der Waals surface area contributed by atoms with Crippen molar-refractivity contribution in [2.24, 2.45) is 0 Å². The zero-order valence-corrected chi connectivity index (χ0v) is 16.4. The predicted molar refractivity (Wildman–Crippen MR) is 113 cm³/mol. The topological polar surface area (TPSA) is 22.9 Å². The van der Waals surface area contributed by atoms with Crippen LogP contribution < -0.4 is 0 Å². The van der Waals surface area contributed by atoms with Gasteiger partial charge in [-0.2, -0.15) is 0 Å². The number of aryl methyl sites for hydroxylation is 2. The zero-order chi connectivity index (χ0) is 18.7. The van der Waals surface area contributed by atoms with Gasteiger partial charge < -0.3 is 5.11 Å². The van der Waals surface area contributed by atoms with E-state index in [1.807, 2.05) is 32.1 Å². The highest BCUT2D eigenvalue weighted by Gasteiger charge is 2.07. The SMILES string of the molecule is CC.CC/C=C(\C=C(/[OH2+])c1ccc(CC)cc1)c1ccc(CC)cc1. The summed E-state index contributed by atoms with van der Waals surface area (Å²) in [5.74, 6) is 0.562. The highest BCUT2D eigenvalue weighted by atomic mass is 16.3. The summed E-state index contributed by atoms with van der Waals surface area (Å²) >= 11 is 0. The van der Waals surface area contributed by atoms with Gasteiger partial charge in [0.2, 0.25) is 0 Å². The minimum atomic E-state index is 0.562. The summed E-state index contributed by atoms with van der Waals surface area (Å²) in [4.78, 5) is 0. The highest BCUT2D eigenvalue weighted by Crippen LogP contribution is 2.22. The van der Waals surface area contributed by atoms with Crippen molar-refractivity contribution >= 4 is 11.3 Å². The first-order valence-corrected chi connectivity index (χ1v) is 9.50. The number of hydrogen-bond acceptors (Lipinski definition) is 0. The number of hydrogen-bond donors (Lipinski definition) is 0. The summed E-state index contributed by atoms with van der Waals surface area (Å²) in [5, 5.41) is 8.40. The van der Waals surface area contributed by atoms with Gasteiger partial charge in [-0.15, -0.1) is 0 Å². The standard InChI is InChI=1S/C22H26O.C2H6/c1-4-7-21(19-12-8-17(5-2)9-13-19)16-22(23)20-14-10-18(6-3)11-15-20;1-2/h7-16,23H,4-6H2,1-3H3;1-2H3/p+1/b21-7+,22-16-;. The molecule has 1 heteroatoms. The van der Waals surface area contributed by atoms with Crippen LogP contribution in [-0.2, 0) is 12.8 Å². The highest BCUT2D eigenvalue weighted by molar-refractivity contribution is 5.81. The molecule has 0 aliphatic carbocycles. The Balaban J connectivity index is 0.00000151. The van der Waals surface area contributed by atoms with Crippen molar-refractivity contribution in [1.82, 2.24) is 0 Å². The molecule has 0 saturated heterocycles. The first-order valence-electron chi connectivity index (χ1n) is 9.50. The van der Waals surface area contributed by atoms with Crippen LogP contribution in [-0.4, -0.2) is 5.11 Å². The van der Waals surface area contributed by atoms with Crippen molar-refractivity contribution in [3.8, 4) is 0 Å². The normalized spacial score (nSPS) is 11.7. The van der Waals surface area contributed by atoms with Crippen LogP contribution in [0.25, 0.3) is 11.3 Å². The van der Waals surface area contributed by atoms with E-state index in [-0.39, 0.29) is 0 Å². The molecule has 134 valence electrons. The number of allylic oxidation sites excluding steroid dienone is 3. The summed E-state index contributed by atoms with van der Waals surface area (Å²) in [5.41, 5.74) is 5.92. The van der Waals surface area contributed by atoms with Crippen LogP contribution in [0.2, 0.25) is 0 Å². The molecule has 0 aliphatic heterocycles. The first-order chi connectivity index (χ1) is 12.2. The van der Waals surface area contributed by atoms with Crippen LogP contribution in [0.5, 0.6) is 0 Å². The van der Waals surface area contributed by atoms with Gasteiger partial charge in [0.05, 0.1) is 5.56 Å². The maximum Gasteiger partial charge on any atom is 0.261 e. The van der Waals surface area contributed by atoms with Gasteiger partial charge in [-0.05, 0) is 53.7 Å². The maximum absolute atomic E-state index is 8.40. The average Bonchev–Trinajstić information content (AvgIpc) is 2.69. The molecule has 2 aromatic rings. The summed E-state index contributed by atoms with van der Waals surface area (Å²) < 4.78 is 0. The molecule has 0 aromatic heterocycles. The third-order valence-corrected chi connectivity index (χ3v) is 4.09. The molecule has 0 spiro atoms. The Kier molecular flexibility index (Phi) is 9.39. The Hall–Kier alpha value is -2.28. The van der Waals surface area contributed by atoms with Gasteiger partial charge in [-0.25, -0.2) is 0 Å². The third-order valence-electron chi connectivity index (χ3n) is 4.09. The quantitative estimate of drug-likeness (QED) is 0.331. The molecule has 0 fully saturated rings. The lowest BCUT2D eigenvalue weighted by Crippen LogP contribution is -1.89. The molecule has 2 rings (SSSR count). The van der Waals surface area contributed by atoms with E-state index in [1.54, 1.807) is 0 Å². The fourth-order valence-corrected chi connectivity index (χ4v) is 2.57.